The first kappa shape index (κ1) is 32.9. The minimum atomic E-state index is -0.836. The van der Waals surface area contributed by atoms with Crippen LogP contribution in [-0.4, -0.2) is 69.1 Å². The number of hydrogen-bond donors (Lipinski definition) is 2. The number of ketones is 1. The van der Waals surface area contributed by atoms with E-state index in [0.717, 1.165) is 11.3 Å². The number of benzene rings is 2. The summed E-state index contributed by atoms with van der Waals surface area (Å²) in [4.78, 5) is 27.8. The van der Waals surface area contributed by atoms with E-state index in [4.69, 9.17) is 24.7 Å². The summed E-state index contributed by atoms with van der Waals surface area (Å²) in [6.45, 7) is 6.54. The number of carbonyl (C=O) groups is 2. The Morgan fingerprint density at radius 3 is 2.33 bits per heavy atom. The Morgan fingerprint density at radius 2 is 1.77 bits per heavy atom. The Morgan fingerprint density at radius 1 is 1.10 bits per heavy atom. The van der Waals surface area contributed by atoms with Gasteiger partial charge in [-0.25, -0.2) is 4.39 Å². The molecule has 1 aliphatic heterocycles. The number of hydrogen-bond acceptors (Lipinski definition) is 7. The lowest BCUT2D eigenvalue weighted by atomic mass is 9.84. The zero-order valence-electron chi connectivity index (χ0n) is 24.1. The van der Waals surface area contributed by atoms with Crippen molar-refractivity contribution in [3.05, 3.63) is 46.3 Å². The zero-order chi connectivity index (χ0) is 29.1. The lowest BCUT2D eigenvalue weighted by Gasteiger charge is -2.28. The van der Waals surface area contributed by atoms with Gasteiger partial charge in [0, 0.05) is 38.2 Å². The SMILES string of the molecule is Br.COc1cc2c(c(F)c1OC)C(=N)N(CC(=O)c1cc(N(C)C)c(OCCCCC(=O)O)c(C(C)(C)C)c1)C2. The minimum absolute atomic E-state index is 0. The van der Waals surface area contributed by atoms with Crippen LogP contribution in [-0.2, 0) is 16.8 Å². The summed E-state index contributed by atoms with van der Waals surface area (Å²) in [5, 5.41) is 17.5. The molecular formula is C29H39BrFN3O6. The first-order valence-corrected chi connectivity index (χ1v) is 12.8. The smallest absolute Gasteiger partial charge is 0.303 e. The molecule has 1 aliphatic rings. The van der Waals surface area contributed by atoms with Gasteiger partial charge in [0.2, 0.25) is 0 Å². The molecule has 0 radical (unpaired) electrons. The van der Waals surface area contributed by atoms with Gasteiger partial charge in [0.15, 0.2) is 23.1 Å². The van der Waals surface area contributed by atoms with Gasteiger partial charge in [-0.15, -0.1) is 17.0 Å². The van der Waals surface area contributed by atoms with Crippen molar-refractivity contribution in [1.29, 1.82) is 5.41 Å². The number of nitrogens with zero attached hydrogens (tertiary/aromatic N) is 2. The molecule has 0 bridgehead atoms. The molecule has 2 N–H and O–H groups in total. The lowest BCUT2D eigenvalue weighted by molar-refractivity contribution is -0.137. The number of unbranched alkanes of at least 4 members (excludes halogenated alkanes) is 1. The van der Waals surface area contributed by atoms with Gasteiger partial charge >= 0.3 is 5.97 Å². The van der Waals surface area contributed by atoms with E-state index in [1.54, 1.807) is 12.1 Å². The van der Waals surface area contributed by atoms with E-state index in [9.17, 15) is 9.59 Å². The average Bonchev–Trinajstić information content (AvgIpc) is 3.17. The number of nitrogens with one attached hydrogen (secondary N) is 1. The third-order valence-electron chi connectivity index (χ3n) is 6.65. The Hall–Kier alpha value is -3.34. The standard InChI is InChI=1S/C29H38FN3O6.BrH/c1-29(2,3)19-12-17(13-20(32(4)5)26(19)39-11-9-8-10-23(35)36)21(34)16-33-15-18-14-22(37-6)27(38-7)25(30)24(18)28(33)31;/h12-14,31H,8-11,15-16H2,1-7H3,(H,35,36);1H. The predicted octanol–water partition coefficient (Wildman–Crippen LogP) is 5.44. The lowest BCUT2D eigenvalue weighted by Crippen LogP contribution is -2.31. The highest BCUT2D eigenvalue weighted by Gasteiger charge is 2.33. The Bertz CT molecular complexity index is 1280. The molecule has 0 saturated heterocycles. The summed E-state index contributed by atoms with van der Waals surface area (Å²) >= 11 is 0. The normalized spacial score (nSPS) is 12.5. The van der Waals surface area contributed by atoms with Crippen molar-refractivity contribution < 1.29 is 33.3 Å². The summed E-state index contributed by atoms with van der Waals surface area (Å²) in [5.74, 6) is -0.992. The fourth-order valence-corrected chi connectivity index (χ4v) is 4.59. The summed E-state index contributed by atoms with van der Waals surface area (Å²) < 4.78 is 31.7. The molecule has 0 aliphatic carbocycles. The molecule has 0 spiro atoms. The molecule has 0 unspecified atom stereocenters. The van der Waals surface area contributed by atoms with E-state index in [1.165, 1.54) is 19.1 Å². The highest BCUT2D eigenvalue weighted by atomic mass is 79.9. The fraction of sp³-hybridized carbons (Fsp3) is 0.483. The van der Waals surface area contributed by atoms with E-state index in [2.05, 4.69) is 0 Å². The first-order chi connectivity index (χ1) is 18.3. The van der Waals surface area contributed by atoms with E-state index >= 15 is 4.39 Å². The van der Waals surface area contributed by atoms with E-state index in [-0.39, 0.29) is 70.6 Å². The van der Waals surface area contributed by atoms with E-state index < -0.39 is 11.8 Å². The molecule has 220 valence electrons. The largest absolute Gasteiger partial charge is 0.493 e. The van der Waals surface area contributed by atoms with E-state index in [0.29, 0.717) is 36.3 Å². The van der Waals surface area contributed by atoms with Crippen LogP contribution in [0.5, 0.6) is 17.2 Å². The number of carbonyl (C=O) groups excluding carboxylic acids is 1. The number of ether oxygens (including phenoxy) is 3. The predicted molar refractivity (Wildman–Crippen MR) is 158 cm³/mol. The molecule has 0 atom stereocenters. The molecule has 2 aromatic rings. The van der Waals surface area contributed by atoms with E-state index in [1.807, 2.05) is 45.8 Å². The number of rotatable bonds is 12. The highest BCUT2D eigenvalue weighted by Crippen LogP contribution is 2.41. The third-order valence-corrected chi connectivity index (χ3v) is 6.65. The number of carboxylic acids is 1. The number of halogens is 2. The molecule has 3 rings (SSSR count). The van der Waals surface area contributed by atoms with Gasteiger partial charge in [0.05, 0.1) is 38.6 Å². The zero-order valence-corrected chi connectivity index (χ0v) is 25.9. The third kappa shape index (κ3) is 7.04. The summed E-state index contributed by atoms with van der Waals surface area (Å²) in [7, 11) is 6.49. The minimum Gasteiger partial charge on any atom is -0.493 e. The maximum Gasteiger partial charge on any atom is 0.303 e. The van der Waals surface area contributed by atoms with Crippen molar-refractivity contribution >= 4 is 40.3 Å². The van der Waals surface area contributed by atoms with Gasteiger partial charge in [-0.3, -0.25) is 15.0 Å². The van der Waals surface area contributed by atoms with Crippen molar-refractivity contribution in [2.75, 3.05) is 46.4 Å². The molecule has 40 heavy (non-hydrogen) atoms. The number of anilines is 1. The molecule has 2 aromatic carbocycles. The topological polar surface area (TPSA) is 112 Å². The van der Waals surface area contributed by atoms with Crippen molar-refractivity contribution in [3.8, 4) is 17.2 Å². The van der Waals surface area contributed by atoms with Crippen LogP contribution in [0.1, 0.15) is 67.1 Å². The Balaban J connectivity index is 0.00000560. The van der Waals surface area contributed by atoms with Crippen LogP contribution in [0.25, 0.3) is 0 Å². The van der Waals surface area contributed by atoms with Crippen LogP contribution < -0.4 is 19.1 Å². The van der Waals surface area contributed by atoms with Gasteiger partial charge in [0.1, 0.15) is 11.6 Å². The second kappa shape index (κ2) is 13.3. The Labute approximate surface area is 245 Å². The number of amidine groups is 1. The van der Waals surface area contributed by atoms with Crippen LogP contribution in [0.15, 0.2) is 18.2 Å². The van der Waals surface area contributed by atoms with Crippen LogP contribution >= 0.6 is 17.0 Å². The molecule has 0 aromatic heterocycles. The number of methoxy groups -OCH3 is 2. The second-order valence-electron chi connectivity index (χ2n) is 10.8. The van der Waals surface area contributed by atoms with Crippen LogP contribution in [0.3, 0.4) is 0 Å². The molecule has 11 heteroatoms. The second-order valence-corrected chi connectivity index (χ2v) is 10.8. The van der Waals surface area contributed by atoms with Gasteiger partial charge in [-0.05, 0) is 42.0 Å². The fourth-order valence-electron chi connectivity index (χ4n) is 4.59. The Kier molecular flexibility index (Phi) is 11.0. The summed E-state index contributed by atoms with van der Waals surface area (Å²) in [5.41, 5.74) is 2.33. The highest BCUT2D eigenvalue weighted by molar-refractivity contribution is 8.93. The van der Waals surface area contributed by atoms with Crippen molar-refractivity contribution in [2.45, 2.75) is 52.0 Å². The van der Waals surface area contributed by atoms with Gasteiger partial charge in [0.25, 0.3) is 0 Å². The molecule has 9 nitrogen and oxygen atoms in total. The molecule has 0 saturated carbocycles. The monoisotopic (exact) mass is 623 g/mol. The van der Waals surface area contributed by atoms with Crippen molar-refractivity contribution in [2.24, 2.45) is 0 Å². The van der Waals surface area contributed by atoms with Crippen molar-refractivity contribution in [3.63, 3.8) is 0 Å². The average molecular weight is 625 g/mol. The van der Waals surface area contributed by atoms with Crippen LogP contribution in [0.4, 0.5) is 10.1 Å². The molecule has 0 amide bonds. The van der Waals surface area contributed by atoms with Crippen LogP contribution in [0.2, 0.25) is 0 Å². The van der Waals surface area contributed by atoms with Crippen LogP contribution in [0, 0.1) is 11.2 Å². The summed E-state index contributed by atoms with van der Waals surface area (Å²) in [6, 6.07) is 5.23. The van der Waals surface area contributed by atoms with Gasteiger partial charge in [-0.2, -0.15) is 0 Å². The number of carboxylic acid groups (broad SMARTS) is 1. The van der Waals surface area contributed by atoms with Crippen molar-refractivity contribution in [1.82, 2.24) is 4.90 Å². The first-order valence-electron chi connectivity index (χ1n) is 12.8. The summed E-state index contributed by atoms with van der Waals surface area (Å²) in [6.07, 6.45) is 1.19. The quantitative estimate of drug-likeness (QED) is 0.237. The number of aliphatic carboxylic acids is 1. The number of Topliss-reactive ketones (excluding diaryl/α,β-unsaturated/α-hetero) is 1. The molecular weight excluding hydrogens is 585 g/mol. The van der Waals surface area contributed by atoms with Gasteiger partial charge in [-0.1, -0.05) is 20.8 Å². The maximum absolute atomic E-state index is 15.2. The number of fused-ring (bicyclic) bond motifs is 1. The molecule has 0 fully saturated rings. The maximum atomic E-state index is 15.2. The molecule has 1 heterocycles. The van der Waals surface area contributed by atoms with Gasteiger partial charge < -0.3 is 29.1 Å².